The molecule has 4 nitrogen and oxygen atoms in total. The lowest BCUT2D eigenvalue weighted by molar-refractivity contribution is -0.147. The molecule has 2 aliphatic carbocycles. The molecular formula is C12H22N2O2. The zero-order valence-corrected chi connectivity index (χ0v) is 10.2. The van der Waals surface area contributed by atoms with Gasteiger partial charge in [0.2, 0.25) is 0 Å². The van der Waals surface area contributed by atoms with Crippen LogP contribution in [-0.2, 0) is 4.79 Å². The zero-order valence-electron chi connectivity index (χ0n) is 10.2. The van der Waals surface area contributed by atoms with E-state index >= 15 is 0 Å². The van der Waals surface area contributed by atoms with Crippen molar-refractivity contribution < 1.29 is 9.90 Å². The van der Waals surface area contributed by atoms with Gasteiger partial charge in [0.05, 0.1) is 0 Å². The fourth-order valence-electron chi connectivity index (χ4n) is 2.69. The molecule has 0 radical (unpaired) electrons. The standard InChI is InChI=1S/C12H22N2O2/c1-14(2)10-4-3-7-12(8-10,11(15)16)13-9-5-6-9/h9-10,13H,3-8H2,1-2H3,(H,15,16). The molecule has 16 heavy (non-hydrogen) atoms. The summed E-state index contributed by atoms with van der Waals surface area (Å²) >= 11 is 0. The van der Waals surface area contributed by atoms with E-state index in [9.17, 15) is 9.90 Å². The Hall–Kier alpha value is -0.610. The highest BCUT2D eigenvalue weighted by molar-refractivity contribution is 5.79. The maximum absolute atomic E-state index is 11.5. The van der Waals surface area contributed by atoms with E-state index in [2.05, 4.69) is 10.2 Å². The average molecular weight is 226 g/mol. The Morgan fingerprint density at radius 2 is 2.06 bits per heavy atom. The summed E-state index contributed by atoms with van der Waals surface area (Å²) in [4.78, 5) is 13.7. The van der Waals surface area contributed by atoms with Gasteiger partial charge >= 0.3 is 5.97 Å². The monoisotopic (exact) mass is 226 g/mol. The van der Waals surface area contributed by atoms with E-state index in [1.165, 1.54) is 0 Å². The quantitative estimate of drug-likeness (QED) is 0.753. The third-order valence-corrected chi connectivity index (χ3v) is 3.92. The van der Waals surface area contributed by atoms with Crippen LogP contribution in [0.15, 0.2) is 0 Å². The Kier molecular flexibility index (Phi) is 3.22. The Balaban J connectivity index is 2.07. The number of carboxylic acids is 1. The average Bonchev–Trinajstić information content (AvgIpc) is 3.01. The van der Waals surface area contributed by atoms with E-state index in [4.69, 9.17) is 0 Å². The van der Waals surface area contributed by atoms with Gasteiger partial charge in [-0.15, -0.1) is 0 Å². The first-order valence-corrected chi connectivity index (χ1v) is 6.21. The number of nitrogens with zero attached hydrogens (tertiary/aromatic N) is 1. The number of carboxylic acid groups (broad SMARTS) is 1. The van der Waals surface area contributed by atoms with Crippen LogP contribution in [-0.4, -0.2) is 47.7 Å². The molecule has 0 spiro atoms. The summed E-state index contributed by atoms with van der Waals surface area (Å²) in [6.45, 7) is 0. The molecule has 0 heterocycles. The highest BCUT2D eigenvalue weighted by atomic mass is 16.4. The maximum Gasteiger partial charge on any atom is 0.323 e. The summed E-state index contributed by atoms with van der Waals surface area (Å²) in [7, 11) is 4.08. The van der Waals surface area contributed by atoms with Gasteiger partial charge < -0.3 is 10.0 Å². The molecule has 0 amide bonds. The molecule has 2 saturated carbocycles. The minimum atomic E-state index is -0.661. The summed E-state index contributed by atoms with van der Waals surface area (Å²) in [5.74, 6) is -0.661. The first-order valence-electron chi connectivity index (χ1n) is 6.21. The van der Waals surface area contributed by atoms with Gasteiger partial charge in [0.15, 0.2) is 0 Å². The lowest BCUT2D eigenvalue weighted by Gasteiger charge is -2.41. The Morgan fingerprint density at radius 3 is 2.56 bits per heavy atom. The normalized spacial score (nSPS) is 35.3. The predicted octanol–water partition coefficient (Wildman–Crippen LogP) is 1.07. The van der Waals surface area contributed by atoms with Crippen molar-refractivity contribution in [1.29, 1.82) is 0 Å². The second kappa shape index (κ2) is 4.34. The lowest BCUT2D eigenvalue weighted by Crippen LogP contribution is -2.58. The van der Waals surface area contributed by atoms with Gasteiger partial charge in [-0.05, 0) is 52.6 Å². The molecule has 92 valence electrons. The predicted molar refractivity (Wildman–Crippen MR) is 62.5 cm³/mol. The van der Waals surface area contributed by atoms with Crippen molar-refractivity contribution in [3.05, 3.63) is 0 Å². The summed E-state index contributed by atoms with van der Waals surface area (Å²) in [5.41, 5.74) is -0.658. The van der Waals surface area contributed by atoms with Gasteiger partial charge in [-0.2, -0.15) is 0 Å². The second-order valence-corrected chi connectivity index (χ2v) is 5.52. The SMILES string of the molecule is CN(C)C1CCCC(NC2CC2)(C(=O)O)C1. The minimum absolute atomic E-state index is 0.399. The van der Waals surface area contributed by atoms with Crippen molar-refractivity contribution in [2.24, 2.45) is 0 Å². The van der Waals surface area contributed by atoms with Gasteiger partial charge in [-0.1, -0.05) is 0 Å². The van der Waals surface area contributed by atoms with Gasteiger partial charge in [0, 0.05) is 12.1 Å². The third kappa shape index (κ3) is 2.38. The van der Waals surface area contributed by atoms with Crippen molar-refractivity contribution in [3.63, 3.8) is 0 Å². The van der Waals surface area contributed by atoms with Crippen LogP contribution in [0, 0.1) is 0 Å². The molecule has 0 aromatic heterocycles. The smallest absolute Gasteiger partial charge is 0.323 e. The van der Waals surface area contributed by atoms with Crippen molar-refractivity contribution in [1.82, 2.24) is 10.2 Å². The first kappa shape index (κ1) is 11.9. The highest BCUT2D eigenvalue weighted by Crippen LogP contribution is 2.34. The molecule has 2 fully saturated rings. The van der Waals surface area contributed by atoms with E-state index in [1.54, 1.807) is 0 Å². The number of rotatable bonds is 4. The molecule has 0 saturated heterocycles. The molecule has 2 N–H and O–H groups in total. The summed E-state index contributed by atoms with van der Waals surface area (Å²) in [5, 5.41) is 12.8. The van der Waals surface area contributed by atoms with Gasteiger partial charge in [-0.25, -0.2) is 0 Å². The summed E-state index contributed by atoms with van der Waals surface area (Å²) < 4.78 is 0. The number of hydrogen-bond donors (Lipinski definition) is 2. The van der Waals surface area contributed by atoms with Crippen molar-refractivity contribution in [2.75, 3.05) is 14.1 Å². The van der Waals surface area contributed by atoms with Crippen LogP contribution in [0.5, 0.6) is 0 Å². The lowest BCUT2D eigenvalue weighted by atomic mass is 9.78. The van der Waals surface area contributed by atoms with Gasteiger partial charge in [0.1, 0.15) is 5.54 Å². The van der Waals surface area contributed by atoms with E-state index < -0.39 is 11.5 Å². The molecule has 0 bridgehead atoms. The van der Waals surface area contributed by atoms with Crippen LogP contribution in [0.25, 0.3) is 0 Å². The molecule has 4 heteroatoms. The molecular weight excluding hydrogens is 204 g/mol. The largest absolute Gasteiger partial charge is 0.480 e. The highest BCUT2D eigenvalue weighted by Gasteiger charge is 2.46. The van der Waals surface area contributed by atoms with E-state index in [0.29, 0.717) is 12.1 Å². The zero-order chi connectivity index (χ0) is 11.8. The van der Waals surface area contributed by atoms with Gasteiger partial charge in [0.25, 0.3) is 0 Å². The van der Waals surface area contributed by atoms with Crippen LogP contribution >= 0.6 is 0 Å². The fraction of sp³-hybridized carbons (Fsp3) is 0.917. The van der Waals surface area contributed by atoms with E-state index in [0.717, 1.165) is 38.5 Å². The van der Waals surface area contributed by atoms with Crippen LogP contribution in [0.1, 0.15) is 38.5 Å². The Bertz CT molecular complexity index is 276. The molecule has 0 aromatic carbocycles. The second-order valence-electron chi connectivity index (χ2n) is 5.52. The molecule has 0 aromatic rings. The Labute approximate surface area is 97.0 Å². The fourth-order valence-corrected chi connectivity index (χ4v) is 2.69. The molecule has 0 aliphatic heterocycles. The number of hydrogen-bond acceptors (Lipinski definition) is 3. The summed E-state index contributed by atoms with van der Waals surface area (Å²) in [6, 6.07) is 0.855. The van der Waals surface area contributed by atoms with Crippen LogP contribution in [0.2, 0.25) is 0 Å². The number of carbonyl (C=O) groups is 1. The maximum atomic E-state index is 11.5. The van der Waals surface area contributed by atoms with Crippen molar-refractivity contribution in [2.45, 2.75) is 56.1 Å². The third-order valence-electron chi connectivity index (χ3n) is 3.92. The topological polar surface area (TPSA) is 52.6 Å². The molecule has 2 unspecified atom stereocenters. The van der Waals surface area contributed by atoms with Crippen LogP contribution in [0.3, 0.4) is 0 Å². The van der Waals surface area contributed by atoms with Crippen LogP contribution in [0.4, 0.5) is 0 Å². The number of nitrogens with one attached hydrogen (secondary N) is 1. The van der Waals surface area contributed by atoms with E-state index in [-0.39, 0.29) is 0 Å². The van der Waals surface area contributed by atoms with Crippen molar-refractivity contribution >= 4 is 5.97 Å². The number of aliphatic carboxylic acids is 1. The summed E-state index contributed by atoms with van der Waals surface area (Å²) in [6.07, 6.45) is 5.93. The first-order chi connectivity index (χ1) is 7.53. The molecule has 2 rings (SSSR count). The molecule has 2 aliphatic rings. The molecule has 2 atom stereocenters. The van der Waals surface area contributed by atoms with E-state index in [1.807, 2.05) is 14.1 Å². The van der Waals surface area contributed by atoms with Gasteiger partial charge in [-0.3, -0.25) is 10.1 Å². The Morgan fingerprint density at radius 1 is 1.38 bits per heavy atom. The van der Waals surface area contributed by atoms with Crippen LogP contribution < -0.4 is 5.32 Å². The van der Waals surface area contributed by atoms with Crippen molar-refractivity contribution in [3.8, 4) is 0 Å². The minimum Gasteiger partial charge on any atom is -0.480 e.